The molecule has 0 aliphatic carbocycles. The molecular weight excluding hydrogens is 202 g/mol. The van der Waals surface area contributed by atoms with Gasteiger partial charge >= 0.3 is 5.97 Å². The molecule has 1 atom stereocenters. The van der Waals surface area contributed by atoms with Crippen molar-refractivity contribution >= 4 is 17.1 Å². The number of benzene rings is 1. The summed E-state index contributed by atoms with van der Waals surface area (Å²) in [4.78, 5) is 14.2. The maximum atomic E-state index is 10.4. The molecule has 78 valence electrons. The van der Waals surface area contributed by atoms with Crippen LogP contribution in [0.4, 0.5) is 0 Å². The van der Waals surface area contributed by atoms with Crippen LogP contribution < -0.4 is 0 Å². The Bertz CT molecular complexity index is 518. The van der Waals surface area contributed by atoms with Crippen LogP contribution in [0.15, 0.2) is 22.6 Å². The number of hydrogen-bond donors (Lipinski definition) is 3. The van der Waals surface area contributed by atoms with E-state index in [1.54, 1.807) is 0 Å². The van der Waals surface area contributed by atoms with Crippen molar-refractivity contribution < 1.29 is 24.5 Å². The average Bonchev–Trinajstić information content (AvgIpc) is 2.61. The highest BCUT2D eigenvalue weighted by molar-refractivity contribution is 5.80. The van der Waals surface area contributed by atoms with E-state index in [-0.39, 0.29) is 17.2 Å². The molecule has 3 N–H and O–H groups in total. The molecule has 15 heavy (non-hydrogen) atoms. The third-order valence-electron chi connectivity index (χ3n) is 1.88. The fourth-order valence-electron chi connectivity index (χ4n) is 1.17. The number of aliphatic hydroxyl groups is 1. The van der Waals surface area contributed by atoms with Gasteiger partial charge in [-0.2, -0.15) is 0 Å². The van der Waals surface area contributed by atoms with Crippen LogP contribution in [-0.4, -0.2) is 26.3 Å². The highest BCUT2D eigenvalue weighted by atomic mass is 16.4. The summed E-state index contributed by atoms with van der Waals surface area (Å²) in [6.45, 7) is 0. The van der Waals surface area contributed by atoms with Crippen molar-refractivity contribution in [1.29, 1.82) is 0 Å². The number of aromatic nitrogens is 1. The summed E-state index contributed by atoms with van der Waals surface area (Å²) in [5.41, 5.74) is 0.359. The quantitative estimate of drug-likeness (QED) is 0.670. The minimum atomic E-state index is -1.82. The second kappa shape index (κ2) is 3.25. The Kier molecular flexibility index (Phi) is 2.05. The van der Waals surface area contributed by atoms with Crippen LogP contribution in [0.25, 0.3) is 11.1 Å². The summed E-state index contributed by atoms with van der Waals surface area (Å²) in [6, 6.07) is 4.46. The van der Waals surface area contributed by atoms with Gasteiger partial charge in [0.05, 0.1) is 0 Å². The number of aliphatic hydroxyl groups excluding tert-OH is 1. The number of carbonyl (C=O) groups is 1. The summed E-state index contributed by atoms with van der Waals surface area (Å²) in [7, 11) is 0. The van der Waals surface area contributed by atoms with E-state index in [9.17, 15) is 9.90 Å². The van der Waals surface area contributed by atoms with Gasteiger partial charge in [-0.15, -0.1) is 0 Å². The molecule has 2 aromatic rings. The number of aliphatic carboxylic acids is 1. The van der Waals surface area contributed by atoms with Crippen LogP contribution >= 0.6 is 0 Å². The molecule has 0 saturated heterocycles. The van der Waals surface area contributed by atoms with E-state index in [4.69, 9.17) is 14.6 Å². The molecule has 0 radical (unpaired) electrons. The van der Waals surface area contributed by atoms with Crippen LogP contribution in [0.5, 0.6) is 5.75 Å². The average molecular weight is 209 g/mol. The first-order valence-corrected chi connectivity index (χ1v) is 4.09. The number of fused-ring (bicyclic) bond motifs is 1. The van der Waals surface area contributed by atoms with Gasteiger partial charge in [-0.1, -0.05) is 6.07 Å². The maximum Gasteiger partial charge on any atom is 0.342 e. The maximum absolute atomic E-state index is 10.4. The Balaban J connectivity index is 2.56. The zero-order valence-electron chi connectivity index (χ0n) is 7.41. The fourth-order valence-corrected chi connectivity index (χ4v) is 1.17. The lowest BCUT2D eigenvalue weighted by atomic mass is 10.3. The fraction of sp³-hybridized carbons (Fsp3) is 0.111. The van der Waals surface area contributed by atoms with E-state index in [1.165, 1.54) is 18.2 Å². The number of nitrogens with zero attached hydrogens (tertiary/aromatic N) is 1. The molecule has 0 saturated carbocycles. The van der Waals surface area contributed by atoms with Gasteiger partial charge < -0.3 is 19.7 Å². The molecule has 0 aliphatic heterocycles. The van der Waals surface area contributed by atoms with Crippen molar-refractivity contribution in [2.75, 3.05) is 0 Å². The molecule has 0 bridgehead atoms. The molecule has 1 heterocycles. The Morgan fingerprint density at radius 2 is 2.20 bits per heavy atom. The van der Waals surface area contributed by atoms with Crippen LogP contribution in [0, 0.1) is 0 Å². The number of phenolic OH excluding ortho intramolecular Hbond substituents is 1. The summed E-state index contributed by atoms with van der Waals surface area (Å²) in [5.74, 6) is -1.95. The summed E-state index contributed by atoms with van der Waals surface area (Å²) >= 11 is 0. The molecule has 1 aromatic carbocycles. The van der Waals surface area contributed by atoms with Crippen molar-refractivity contribution in [3.63, 3.8) is 0 Å². The molecule has 6 heteroatoms. The number of hydrogen-bond acceptors (Lipinski definition) is 5. The molecule has 1 unspecified atom stereocenters. The summed E-state index contributed by atoms with van der Waals surface area (Å²) in [5, 5.41) is 27.0. The molecule has 1 aromatic heterocycles. The van der Waals surface area contributed by atoms with E-state index in [0.29, 0.717) is 5.52 Å². The molecule has 0 amide bonds. The van der Waals surface area contributed by atoms with E-state index in [0.717, 1.165) is 0 Å². The third-order valence-corrected chi connectivity index (χ3v) is 1.88. The van der Waals surface area contributed by atoms with Gasteiger partial charge in [-0.25, -0.2) is 9.78 Å². The number of para-hydroxylation sites is 1. The Labute approximate surface area is 83.4 Å². The van der Waals surface area contributed by atoms with Crippen molar-refractivity contribution in [2.45, 2.75) is 6.10 Å². The molecule has 0 spiro atoms. The normalized spacial score (nSPS) is 12.9. The van der Waals surface area contributed by atoms with Crippen molar-refractivity contribution in [2.24, 2.45) is 0 Å². The highest BCUT2D eigenvalue weighted by Crippen LogP contribution is 2.27. The van der Waals surface area contributed by atoms with E-state index in [1.807, 2.05) is 0 Å². The molecular formula is C9H7NO5. The number of rotatable bonds is 2. The lowest BCUT2D eigenvalue weighted by Gasteiger charge is -1.97. The van der Waals surface area contributed by atoms with Crippen molar-refractivity contribution in [1.82, 2.24) is 4.98 Å². The van der Waals surface area contributed by atoms with Crippen LogP contribution in [0.1, 0.15) is 12.0 Å². The zero-order valence-corrected chi connectivity index (χ0v) is 7.41. The number of carboxylic acid groups (broad SMARTS) is 1. The largest absolute Gasteiger partial charge is 0.504 e. The second-order valence-corrected chi connectivity index (χ2v) is 2.92. The zero-order chi connectivity index (χ0) is 11.0. The van der Waals surface area contributed by atoms with E-state index in [2.05, 4.69) is 4.98 Å². The molecule has 2 rings (SSSR count). The molecule has 6 nitrogen and oxygen atoms in total. The van der Waals surface area contributed by atoms with E-state index < -0.39 is 12.1 Å². The first-order chi connectivity index (χ1) is 7.09. The van der Waals surface area contributed by atoms with Crippen molar-refractivity contribution in [3.05, 3.63) is 24.1 Å². The highest BCUT2D eigenvalue weighted by Gasteiger charge is 2.23. The van der Waals surface area contributed by atoms with Gasteiger partial charge in [-0.05, 0) is 12.1 Å². The Morgan fingerprint density at radius 3 is 2.80 bits per heavy atom. The predicted molar refractivity (Wildman–Crippen MR) is 48.3 cm³/mol. The van der Waals surface area contributed by atoms with Crippen molar-refractivity contribution in [3.8, 4) is 5.75 Å². The number of aromatic hydroxyl groups is 1. The number of phenols is 1. The molecule has 0 fully saturated rings. The Hall–Kier alpha value is -2.08. The Morgan fingerprint density at radius 1 is 1.47 bits per heavy atom. The van der Waals surface area contributed by atoms with Gasteiger partial charge in [-0.3, -0.25) is 0 Å². The van der Waals surface area contributed by atoms with Crippen LogP contribution in [0.3, 0.4) is 0 Å². The van der Waals surface area contributed by atoms with Gasteiger partial charge in [0.15, 0.2) is 11.3 Å². The monoisotopic (exact) mass is 209 g/mol. The van der Waals surface area contributed by atoms with E-state index >= 15 is 0 Å². The van der Waals surface area contributed by atoms with Gasteiger partial charge in [0.25, 0.3) is 0 Å². The van der Waals surface area contributed by atoms with Gasteiger partial charge in [0.2, 0.25) is 12.0 Å². The lowest BCUT2D eigenvalue weighted by molar-refractivity contribution is -0.148. The first-order valence-electron chi connectivity index (χ1n) is 4.09. The number of oxazole rings is 1. The van der Waals surface area contributed by atoms with Gasteiger partial charge in [0, 0.05) is 0 Å². The predicted octanol–water partition coefficient (Wildman–Crippen LogP) is 0.651. The SMILES string of the molecule is O=C(O)C(O)c1nc2cccc(O)c2o1. The third kappa shape index (κ3) is 1.50. The first kappa shape index (κ1) is 9.47. The van der Waals surface area contributed by atoms with Crippen LogP contribution in [0.2, 0.25) is 0 Å². The minimum Gasteiger partial charge on any atom is -0.504 e. The standard InChI is InChI=1S/C9H7NO5/c11-5-3-1-2-4-7(5)15-8(10-4)6(12)9(13)14/h1-3,6,11-12H,(H,13,14). The lowest BCUT2D eigenvalue weighted by Crippen LogP contribution is -2.10. The number of carboxylic acids is 1. The topological polar surface area (TPSA) is 104 Å². The summed E-state index contributed by atoms with van der Waals surface area (Å²) < 4.78 is 4.93. The smallest absolute Gasteiger partial charge is 0.342 e. The summed E-state index contributed by atoms with van der Waals surface area (Å²) in [6.07, 6.45) is -1.82. The minimum absolute atomic E-state index is 0.0628. The van der Waals surface area contributed by atoms with Crippen LogP contribution in [-0.2, 0) is 4.79 Å². The van der Waals surface area contributed by atoms with Gasteiger partial charge in [0.1, 0.15) is 5.52 Å². The molecule has 0 aliphatic rings. The second-order valence-electron chi connectivity index (χ2n) is 2.92.